The molecule has 1 rings (SSSR count). The summed E-state index contributed by atoms with van der Waals surface area (Å²) in [6, 6.07) is 0.595. The maximum Gasteiger partial charge on any atom is 0.0444 e. The van der Waals surface area contributed by atoms with Crippen LogP contribution in [0.5, 0.6) is 0 Å². The van der Waals surface area contributed by atoms with Gasteiger partial charge in [-0.15, -0.1) is 0 Å². The molecular weight excluding hydrogens is 190 g/mol. The van der Waals surface area contributed by atoms with Crippen LogP contribution in [-0.4, -0.2) is 54.4 Å². The van der Waals surface area contributed by atoms with Crippen molar-refractivity contribution >= 4 is 0 Å². The summed E-state index contributed by atoms with van der Waals surface area (Å²) in [5, 5.41) is 12.3. The number of hydrogen-bond donors (Lipinski definition) is 3. The lowest BCUT2D eigenvalue weighted by molar-refractivity contribution is 0.234. The summed E-state index contributed by atoms with van der Waals surface area (Å²) in [6.45, 7) is 8.40. The molecule has 15 heavy (non-hydrogen) atoms. The monoisotopic (exact) mass is 215 g/mol. The molecule has 0 radical (unpaired) electrons. The predicted molar refractivity (Wildman–Crippen MR) is 62.8 cm³/mol. The Bertz CT molecular complexity index is 187. The molecule has 1 atom stereocenters. The lowest BCUT2D eigenvalue weighted by atomic mass is 9.99. The van der Waals surface area contributed by atoms with Gasteiger partial charge in [0.25, 0.3) is 0 Å². The van der Waals surface area contributed by atoms with E-state index in [1.807, 2.05) is 0 Å². The van der Waals surface area contributed by atoms with Crippen molar-refractivity contribution in [1.29, 1.82) is 0 Å². The highest BCUT2D eigenvalue weighted by Crippen LogP contribution is 2.22. The van der Waals surface area contributed by atoms with Crippen molar-refractivity contribution in [1.82, 2.24) is 10.2 Å². The number of aliphatic hydroxyl groups is 1. The first-order chi connectivity index (χ1) is 7.13. The van der Waals surface area contributed by atoms with E-state index >= 15 is 0 Å². The lowest BCUT2D eigenvalue weighted by Crippen LogP contribution is -2.54. The first-order valence-corrected chi connectivity index (χ1v) is 5.93. The highest BCUT2D eigenvalue weighted by molar-refractivity contribution is 4.98. The second-order valence-corrected chi connectivity index (χ2v) is 4.80. The van der Waals surface area contributed by atoms with Crippen LogP contribution in [0.25, 0.3) is 0 Å². The van der Waals surface area contributed by atoms with Gasteiger partial charge in [0.1, 0.15) is 0 Å². The van der Waals surface area contributed by atoms with Crippen molar-refractivity contribution in [3.63, 3.8) is 0 Å². The van der Waals surface area contributed by atoms with E-state index in [1.165, 1.54) is 0 Å². The highest BCUT2D eigenvalue weighted by atomic mass is 16.3. The first kappa shape index (κ1) is 12.9. The number of likely N-dealkylation sites (tertiary alicyclic amines) is 1. The van der Waals surface area contributed by atoms with Gasteiger partial charge in [0.05, 0.1) is 0 Å². The minimum Gasteiger partial charge on any atom is -0.396 e. The highest BCUT2D eigenvalue weighted by Gasteiger charge is 2.36. The molecule has 1 saturated heterocycles. The standard InChI is InChI=1S/C11H25N3O/c1-10(2)14-6-4-11(8-12,9-14)13-5-3-7-15/h10,13,15H,3-9,12H2,1-2H3. The molecule has 1 heterocycles. The SMILES string of the molecule is CC(C)N1CCC(CN)(NCCCO)C1. The number of nitrogens with one attached hydrogen (secondary N) is 1. The number of aliphatic hydroxyl groups excluding tert-OH is 1. The molecule has 4 nitrogen and oxygen atoms in total. The minimum absolute atomic E-state index is 0.0828. The van der Waals surface area contributed by atoms with Crippen molar-refractivity contribution in [2.45, 2.75) is 38.3 Å². The molecule has 4 N–H and O–H groups in total. The Morgan fingerprint density at radius 1 is 1.53 bits per heavy atom. The topological polar surface area (TPSA) is 61.5 Å². The quantitative estimate of drug-likeness (QED) is 0.536. The third-order valence-corrected chi connectivity index (χ3v) is 3.34. The second kappa shape index (κ2) is 5.80. The molecule has 1 aliphatic rings. The number of nitrogens with zero attached hydrogens (tertiary/aromatic N) is 1. The van der Waals surface area contributed by atoms with Gasteiger partial charge in [-0.2, -0.15) is 0 Å². The molecular formula is C11H25N3O. The minimum atomic E-state index is 0.0828. The zero-order valence-electron chi connectivity index (χ0n) is 10.00. The lowest BCUT2D eigenvalue weighted by Gasteiger charge is -2.30. The van der Waals surface area contributed by atoms with Crippen LogP contribution in [0.2, 0.25) is 0 Å². The Morgan fingerprint density at radius 3 is 2.73 bits per heavy atom. The fourth-order valence-corrected chi connectivity index (χ4v) is 2.16. The molecule has 0 aromatic carbocycles. The van der Waals surface area contributed by atoms with Crippen LogP contribution in [0.1, 0.15) is 26.7 Å². The normalized spacial score (nSPS) is 27.8. The van der Waals surface area contributed by atoms with E-state index in [4.69, 9.17) is 10.8 Å². The number of hydrogen-bond acceptors (Lipinski definition) is 4. The molecule has 0 amide bonds. The van der Waals surface area contributed by atoms with Gasteiger partial charge in [0.15, 0.2) is 0 Å². The van der Waals surface area contributed by atoms with Crippen molar-refractivity contribution < 1.29 is 5.11 Å². The summed E-state index contributed by atoms with van der Waals surface area (Å²) in [5.41, 5.74) is 5.94. The van der Waals surface area contributed by atoms with Gasteiger partial charge in [0.2, 0.25) is 0 Å². The van der Waals surface area contributed by atoms with Crippen molar-refractivity contribution in [3.05, 3.63) is 0 Å². The van der Waals surface area contributed by atoms with Crippen LogP contribution < -0.4 is 11.1 Å². The van der Waals surface area contributed by atoms with E-state index < -0.39 is 0 Å². The number of rotatable bonds is 6. The molecule has 0 aromatic rings. The van der Waals surface area contributed by atoms with E-state index in [2.05, 4.69) is 24.1 Å². The molecule has 0 saturated carbocycles. The molecule has 0 spiro atoms. The van der Waals surface area contributed by atoms with Crippen LogP contribution in [0.15, 0.2) is 0 Å². The second-order valence-electron chi connectivity index (χ2n) is 4.80. The molecule has 0 aliphatic carbocycles. The molecule has 0 bridgehead atoms. The van der Waals surface area contributed by atoms with E-state index in [0.29, 0.717) is 12.6 Å². The van der Waals surface area contributed by atoms with Gasteiger partial charge < -0.3 is 16.2 Å². The van der Waals surface area contributed by atoms with E-state index in [9.17, 15) is 0 Å². The number of nitrogens with two attached hydrogens (primary N) is 1. The summed E-state index contributed by atoms with van der Waals surface area (Å²) < 4.78 is 0. The molecule has 1 aliphatic heterocycles. The predicted octanol–water partition coefficient (Wildman–Crippen LogP) is -0.230. The molecule has 1 unspecified atom stereocenters. The summed E-state index contributed by atoms with van der Waals surface area (Å²) in [7, 11) is 0. The molecule has 1 fully saturated rings. The van der Waals surface area contributed by atoms with Gasteiger partial charge in [-0.05, 0) is 33.2 Å². The van der Waals surface area contributed by atoms with Crippen molar-refractivity contribution in [2.75, 3.05) is 32.8 Å². The molecule has 4 heteroatoms. The largest absolute Gasteiger partial charge is 0.396 e. The third kappa shape index (κ3) is 3.41. The van der Waals surface area contributed by atoms with Crippen LogP contribution in [0, 0.1) is 0 Å². The first-order valence-electron chi connectivity index (χ1n) is 5.93. The van der Waals surface area contributed by atoms with Gasteiger partial charge in [-0.25, -0.2) is 0 Å². The Morgan fingerprint density at radius 2 is 2.27 bits per heavy atom. The fraction of sp³-hybridized carbons (Fsp3) is 1.00. The zero-order chi connectivity index (χ0) is 11.3. The molecule has 90 valence electrons. The van der Waals surface area contributed by atoms with Crippen LogP contribution >= 0.6 is 0 Å². The average Bonchev–Trinajstić information content (AvgIpc) is 2.64. The Hall–Kier alpha value is -0.160. The zero-order valence-corrected chi connectivity index (χ0v) is 10.00. The molecule has 0 aromatic heterocycles. The van der Waals surface area contributed by atoms with Gasteiger partial charge in [-0.1, -0.05) is 0 Å². The summed E-state index contributed by atoms with van der Waals surface area (Å²) in [5.74, 6) is 0. The Balaban J connectivity index is 2.41. The van der Waals surface area contributed by atoms with Crippen LogP contribution in [0.4, 0.5) is 0 Å². The van der Waals surface area contributed by atoms with Crippen molar-refractivity contribution in [2.24, 2.45) is 5.73 Å². The van der Waals surface area contributed by atoms with E-state index in [0.717, 1.165) is 32.5 Å². The van der Waals surface area contributed by atoms with Crippen LogP contribution in [-0.2, 0) is 0 Å². The Kier molecular flexibility index (Phi) is 4.99. The van der Waals surface area contributed by atoms with E-state index in [-0.39, 0.29) is 12.1 Å². The average molecular weight is 215 g/mol. The summed E-state index contributed by atoms with van der Waals surface area (Å²) in [6.07, 6.45) is 1.93. The third-order valence-electron chi connectivity index (χ3n) is 3.34. The van der Waals surface area contributed by atoms with Crippen molar-refractivity contribution in [3.8, 4) is 0 Å². The van der Waals surface area contributed by atoms with Gasteiger partial charge in [0, 0.05) is 37.8 Å². The fourth-order valence-electron chi connectivity index (χ4n) is 2.16. The van der Waals surface area contributed by atoms with Gasteiger partial charge >= 0.3 is 0 Å². The Labute approximate surface area is 92.8 Å². The smallest absolute Gasteiger partial charge is 0.0444 e. The maximum atomic E-state index is 8.76. The van der Waals surface area contributed by atoms with E-state index in [1.54, 1.807) is 0 Å². The maximum absolute atomic E-state index is 8.76. The summed E-state index contributed by atoms with van der Waals surface area (Å²) in [4.78, 5) is 2.46. The van der Waals surface area contributed by atoms with Gasteiger partial charge in [-0.3, -0.25) is 4.90 Å². The summed E-state index contributed by atoms with van der Waals surface area (Å²) >= 11 is 0. The van der Waals surface area contributed by atoms with Crippen LogP contribution in [0.3, 0.4) is 0 Å².